The van der Waals surface area contributed by atoms with Gasteiger partial charge in [0.25, 0.3) is 17.7 Å². The minimum absolute atomic E-state index is 0.264. The summed E-state index contributed by atoms with van der Waals surface area (Å²) in [4.78, 5) is 37.2. The number of imide groups is 1. The van der Waals surface area contributed by atoms with Gasteiger partial charge < -0.3 is 11.1 Å². The van der Waals surface area contributed by atoms with E-state index >= 15 is 0 Å². The minimum atomic E-state index is -0.389. The van der Waals surface area contributed by atoms with Crippen molar-refractivity contribution >= 4 is 17.7 Å². The maximum absolute atomic E-state index is 12.3. The highest BCUT2D eigenvalue weighted by Gasteiger charge is 2.33. The van der Waals surface area contributed by atoms with Crippen molar-refractivity contribution in [2.75, 3.05) is 7.05 Å². The van der Waals surface area contributed by atoms with Crippen LogP contribution in [-0.2, 0) is 13.1 Å². The Morgan fingerprint density at radius 3 is 2.50 bits per heavy atom. The Morgan fingerprint density at radius 2 is 1.75 bits per heavy atom. The molecule has 0 saturated heterocycles. The smallest absolute Gasteiger partial charge is 0.261 e. The van der Waals surface area contributed by atoms with E-state index in [1.165, 1.54) is 19.2 Å². The number of nitrogens with two attached hydrogens (primary N) is 1. The van der Waals surface area contributed by atoms with Gasteiger partial charge in [0.2, 0.25) is 0 Å². The summed E-state index contributed by atoms with van der Waals surface area (Å²) < 4.78 is 0. The van der Waals surface area contributed by atoms with E-state index in [4.69, 9.17) is 5.73 Å². The molecule has 122 valence electrons. The molecule has 1 heterocycles. The number of rotatable bonds is 4. The maximum atomic E-state index is 12.3. The SMILES string of the molecule is CN1C(=O)c2ccc(C(=O)NCc3cccc(CN)c3)cc2C1=O. The molecule has 0 unspecified atom stereocenters. The van der Waals surface area contributed by atoms with Crippen molar-refractivity contribution in [2.24, 2.45) is 5.73 Å². The molecule has 3 rings (SSSR count). The van der Waals surface area contributed by atoms with Crippen molar-refractivity contribution in [3.63, 3.8) is 0 Å². The molecule has 0 radical (unpaired) electrons. The van der Waals surface area contributed by atoms with Gasteiger partial charge in [-0.05, 0) is 29.3 Å². The molecule has 3 amide bonds. The summed E-state index contributed by atoms with van der Waals surface area (Å²) >= 11 is 0. The molecule has 2 aromatic carbocycles. The van der Waals surface area contributed by atoms with Crippen LogP contribution in [0.4, 0.5) is 0 Å². The Kier molecular flexibility index (Phi) is 4.14. The van der Waals surface area contributed by atoms with Gasteiger partial charge in [-0.1, -0.05) is 24.3 Å². The molecule has 0 saturated carbocycles. The van der Waals surface area contributed by atoms with Gasteiger partial charge in [0.15, 0.2) is 0 Å². The fourth-order valence-corrected chi connectivity index (χ4v) is 2.65. The van der Waals surface area contributed by atoms with Gasteiger partial charge in [0.1, 0.15) is 0 Å². The summed E-state index contributed by atoms with van der Waals surface area (Å²) in [5, 5.41) is 2.81. The van der Waals surface area contributed by atoms with Gasteiger partial charge in [-0.25, -0.2) is 0 Å². The van der Waals surface area contributed by atoms with Crippen LogP contribution in [0.25, 0.3) is 0 Å². The molecule has 0 aromatic heterocycles. The van der Waals surface area contributed by atoms with E-state index in [9.17, 15) is 14.4 Å². The van der Waals surface area contributed by atoms with Crippen LogP contribution < -0.4 is 11.1 Å². The molecular weight excluding hydrogens is 306 g/mol. The molecule has 0 fully saturated rings. The number of hydrogen-bond acceptors (Lipinski definition) is 4. The Balaban J connectivity index is 1.74. The predicted octanol–water partition coefficient (Wildman–Crippen LogP) is 1.30. The van der Waals surface area contributed by atoms with Crippen molar-refractivity contribution in [2.45, 2.75) is 13.1 Å². The van der Waals surface area contributed by atoms with Crippen LogP contribution in [0, 0.1) is 0 Å². The zero-order chi connectivity index (χ0) is 17.3. The fraction of sp³-hybridized carbons (Fsp3) is 0.167. The van der Waals surface area contributed by atoms with Gasteiger partial charge in [0, 0.05) is 25.7 Å². The number of nitrogens with one attached hydrogen (secondary N) is 1. The van der Waals surface area contributed by atoms with Crippen molar-refractivity contribution < 1.29 is 14.4 Å². The molecular formula is C18H17N3O3. The van der Waals surface area contributed by atoms with Gasteiger partial charge in [-0.15, -0.1) is 0 Å². The number of hydrogen-bond donors (Lipinski definition) is 2. The van der Waals surface area contributed by atoms with E-state index in [1.807, 2.05) is 24.3 Å². The van der Waals surface area contributed by atoms with Gasteiger partial charge in [-0.3, -0.25) is 19.3 Å². The molecule has 2 aromatic rings. The van der Waals surface area contributed by atoms with Crippen LogP contribution in [0.5, 0.6) is 0 Å². The van der Waals surface area contributed by atoms with Gasteiger partial charge in [0.05, 0.1) is 11.1 Å². The fourth-order valence-electron chi connectivity index (χ4n) is 2.65. The van der Waals surface area contributed by atoms with Gasteiger partial charge >= 0.3 is 0 Å². The standard InChI is InChI=1S/C18H17N3O3/c1-21-17(23)14-6-5-13(8-15(14)18(21)24)16(22)20-10-12-4-2-3-11(7-12)9-19/h2-8H,9-10,19H2,1H3,(H,20,22). The summed E-state index contributed by atoms with van der Waals surface area (Å²) in [5.41, 5.74) is 8.48. The second kappa shape index (κ2) is 6.25. The molecule has 6 nitrogen and oxygen atoms in total. The Labute approximate surface area is 139 Å². The first-order valence-corrected chi connectivity index (χ1v) is 7.54. The topological polar surface area (TPSA) is 92.5 Å². The second-order valence-electron chi connectivity index (χ2n) is 5.64. The summed E-state index contributed by atoms with van der Waals surface area (Å²) in [5.74, 6) is -1.04. The lowest BCUT2D eigenvalue weighted by atomic mass is 10.1. The molecule has 0 atom stereocenters. The summed E-state index contributed by atoms with van der Waals surface area (Å²) in [6, 6.07) is 12.2. The average molecular weight is 323 g/mol. The number of fused-ring (bicyclic) bond motifs is 1. The molecule has 6 heteroatoms. The molecule has 1 aliphatic rings. The highest BCUT2D eigenvalue weighted by atomic mass is 16.2. The Morgan fingerprint density at radius 1 is 1.04 bits per heavy atom. The number of nitrogens with zero attached hydrogens (tertiary/aromatic N) is 1. The molecule has 24 heavy (non-hydrogen) atoms. The molecule has 1 aliphatic heterocycles. The highest BCUT2D eigenvalue weighted by molar-refractivity contribution is 6.21. The van der Waals surface area contributed by atoms with Crippen molar-refractivity contribution in [1.29, 1.82) is 0 Å². The first kappa shape index (κ1) is 15.9. The monoisotopic (exact) mass is 323 g/mol. The summed E-state index contributed by atoms with van der Waals surface area (Å²) in [6.45, 7) is 0.798. The number of benzene rings is 2. The number of carbonyl (C=O) groups is 3. The molecule has 3 N–H and O–H groups in total. The van der Waals surface area contributed by atoms with E-state index in [-0.39, 0.29) is 23.3 Å². The zero-order valence-electron chi connectivity index (χ0n) is 13.2. The lowest BCUT2D eigenvalue weighted by molar-refractivity contribution is 0.0693. The van der Waals surface area contributed by atoms with Gasteiger partial charge in [-0.2, -0.15) is 0 Å². The predicted molar refractivity (Wildman–Crippen MR) is 88.4 cm³/mol. The van der Waals surface area contributed by atoms with Crippen molar-refractivity contribution in [1.82, 2.24) is 10.2 Å². The third-order valence-corrected chi connectivity index (χ3v) is 4.03. The second-order valence-corrected chi connectivity index (χ2v) is 5.64. The third kappa shape index (κ3) is 2.79. The molecule has 0 spiro atoms. The van der Waals surface area contributed by atoms with E-state index in [1.54, 1.807) is 6.07 Å². The quantitative estimate of drug-likeness (QED) is 0.830. The Hall–Kier alpha value is -2.99. The van der Waals surface area contributed by atoms with E-state index in [0.717, 1.165) is 16.0 Å². The molecule has 0 bridgehead atoms. The summed E-state index contributed by atoms with van der Waals surface area (Å²) in [7, 11) is 1.43. The van der Waals surface area contributed by atoms with Crippen LogP contribution in [-0.4, -0.2) is 29.7 Å². The van der Waals surface area contributed by atoms with Crippen LogP contribution in [0.2, 0.25) is 0 Å². The van der Waals surface area contributed by atoms with E-state index in [2.05, 4.69) is 5.32 Å². The van der Waals surface area contributed by atoms with Crippen LogP contribution in [0.3, 0.4) is 0 Å². The van der Waals surface area contributed by atoms with E-state index in [0.29, 0.717) is 24.2 Å². The highest BCUT2D eigenvalue weighted by Crippen LogP contribution is 2.22. The van der Waals surface area contributed by atoms with E-state index < -0.39 is 0 Å². The van der Waals surface area contributed by atoms with Crippen LogP contribution >= 0.6 is 0 Å². The molecule has 0 aliphatic carbocycles. The maximum Gasteiger partial charge on any atom is 0.261 e. The lowest BCUT2D eigenvalue weighted by Gasteiger charge is -2.07. The zero-order valence-corrected chi connectivity index (χ0v) is 13.2. The number of amides is 3. The first-order chi connectivity index (χ1) is 11.5. The lowest BCUT2D eigenvalue weighted by Crippen LogP contribution is -2.24. The Bertz CT molecular complexity index is 845. The average Bonchev–Trinajstić information content (AvgIpc) is 2.84. The van der Waals surface area contributed by atoms with Crippen molar-refractivity contribution in [3.8, 4) is 0 Å². The van der Waals surface area contributed by atoms with Crippen LogP contribution in [0.1, 0.15) is 42.2 Å². The minimum Gasteiger partial charge on any atom is -0.348 e. The third-order valence-electron chi connectivity index (χ3n) is 4.03. The normalized spacial score (nSPS) is 13.2. The number of carbonyl (C=O) groups excluding carboxylic acids is 3. The van der Waals surface area contributed by atoms with Crippen LogP contribution in [0.15, 0.2) is 42.5 Å². The van der Waals surface area contributed by atoms with Crippen molar-refractivity contribution in [3.05, 3.63) is 70.3 Å². The summed E-state index contributed by atoms with van der Waals surface area (Å²) in [6.07, 6.45) is 0. The largest absolute Gasteiger partial charge is 0.348 e. The first-order valence-electron chi connectivity index (χ1n) is 7.54.